The van der Waals surface area contributed by atoms with E-state index in [0.717, 1.165) is 16.0 Å². The Labute approximate surface area is 173 Å². The molecule has 0 saturated heterocycles. The molecule has 3 aromatic heterocycles. The Bertz CT molecular complexity index is 1230. The summed E-state index contributed by atoms with van der Waals surface area (Å²) in [5.41, 5.74) is 1.18. The molecule has 0 saturated carbocycles. The van der Waals surface area contributed by atoms with E-state index in [9.17, 15) is 14.0 Å². The third-order valence-electron chi connectivity index (χ3n) is 4.63. The first-order valence-corrected chi connectivity index (χ1v) is 10.7. The maximum Gasteiger partial charge on any atom is 0.263 e. The lowest BCUT2D eigenvalue weighted by atomic mass is 10.0. The van der Waals surface area contributed by atoms with Crippen molar-refractivity contribution in [2.45, 2.75) is 26.3 Å². The van der Waals surface area contributed by atoms with Crippen molar-refractivity contribution in [2.24, 2.45) is 0 Å². The predicted octanol–water partition coefficient (Wildman–Crippen LogP) is 4.62. The summed E-state index contributed by atoms with van der Waals surface area (Å²) in [6.07, 6.45) is 3.44. The topological polar surface area (TPSA) is 76.9 Å². The molecule has 1 aromatic carbocycles. The van der Waals surface area contributed by atoms with Gasteiger partial charge in [0.1, 0.15) is 16.7 Å². The summed E-state index contributed by atoms with van der Waals surface area (Å²) in [4.78, 5) is 36.1. The van der Waals surface area contributed by atoms with Gasteiger partial charge in [-0.15, -0.1) is 22.7 Å². The number of aromatic nitrogens is 3. The number of thiazole rings is 1. The minimum atomic E-state index is -0.718. The zero-order chi connectivity index (χ0) is 20.5. The first-order chi connectivity index (χ1) is 14.0. The van der Waals surface area contributed by atoms with E-state index >= 15 is 0 Å². The molecule has 0 aliphatic rings. The van der Waals surface area contributed by atoms with Crippen molar-refractivity contribution in [1.82, 2.24) is 14.5 Å². The average molecular weight is 429 g/mol. The third-order valence-corrected chi connectivity index (χ3v) is 6.34. The molecule has 0 aliphatic carbocycles. The Morgan fingerprint density at radius 2 is 2.03 bits per heavy atom. The standard InChI is InChI=1S/C20H17FN4O2S2/c1-3-14(17(26)24-20-22-8-9-28-20)25-10-23-18-16(19(25)27)15(11(2)29-18)12-4-6-13(21)7-5-12/h4-10,14H,3H2,1-2H3,(H,22,24,26). The molecule has 0 aliphatic heterocycles. The molecule has 0 spiro atoms. The maximum atomic E-state index is 13.4. The van der Waals surface area contributed by atoms with Crippen LogP contribution in [0.5, 0.6) is 0 Å². The van der Waals surface area contributed by atoms with Gasteiger partial charge >= 0.3 is 0 Å². The molecule has 9 heteroatoms. The number of thiophene rings is 1. The van der Waals surface area contributed by atoms with Gasteiger partial charge in [0.2, 0.25) is 5.91 Å². The lowest BCUT2D eigenvalue weighted by molar-refractivity contribution is -0.119. The second kappa shape index (κ2) is 7.84. The Balaban J connectivity index is 1.82. The van der Waals surface area contributed by atoms with Crippen LogP contribution in [-0.2, 0) is 4.79 Å². The van der Waals surface area contributed by atoms with Crippen LogP contribution >= 0.6 is 22.7 Å². The number of hydrogen-bond donors (Lipinski definition) is 1. The minimum absolute atomic E-state index is 0.292. The van der Waals surface area contributed by atoms with Crippen LogP contribution in [-0.4, -0.2) is 20.4 Å². The van der Waals surface area contributed by atoms with Crippen LogP contribution in [0.1, 0.15) is 24.3 Å². The highest BCUT2D eigenvalue weighted by Crippen LogP contribution is 2.35. The van der Waals surface area contributed by atoms with Gasteiger partial charge in [-0.25, -0.2) is 14.4 Å². The largest absolute Gasteiger partial charge is 0.300 e. The third kappa shape index (κ3) is 3.58. The highest BCUT2D eigenvalue weighted by Gasteiger charge is 2.24. The Hall–Kier alpha value is -2.91. The molecule has 0 bridgehead atoms. The molecule has 1 unspecified atom stereocenters. The van der Waals surface area contributed by atoms with Crippen molar-refractivity contribution in [3.05, 3.63) is 63.2 Å². The quantitative estimate of drug-likeness (QED) is 0.503. The van der Waals surface area contributed by atoms with Crippen LogP contribution in [0.3, 0.4) is 0 Å². The number of nitrogens with zero attached hydrogens (tertiary/aromatic N) is 3. The second-order valence-electron chi connectivity index (χ2n) is 6.43. The molecule has 148 valence electrons. The minimum Gasteiger partial charge on any atom is -0.300 e. The Morgan fingerprint density at radius 1 is 1.28 bits per heavy atom. The first-order valence-electron chi connectivity index (χ1n) is 8.96. The lowest BCUT2D eigenvalue weighted by Gasteiger charge is -2.16. The number of carbonyl (C=O) groups is 1. The van der Waals surface area contributed by atoms with Gasteiger partial charge < -0.3 is 5.32 Å². The number of halogens is 1. The van der Waals surface area contributed by atoms with E-state index in [4.69, 9.17) is 0 Å². The number of carbonyl (C=O) groups excluding carboxylic acids is 1. The smallest absolute Gasteiger partial charge is 0.263 e. The zero-order valence-electron chi connectivity index (χ0n) is 15.7. The van der Waals surface area contributed by atoms with Crippen molar-refractivity contribution >= 4 is 43.9 Å². The van der Waals surface area contributed by atoms with Crippen molar-refractivity contribution in [3.63, 3.8) is 0 Å². The maximum absolute atomic E-state index is 13.4. The molecule has 4 rings (SSSR count). The van der Waals surface area contributed by atoms with Crippen molar-refractivity contribution in [2.75, 3.05) is 5.32 Å². The van der Waals surface area contributed by atoms with Gasteiger partial charge in [0.15, 0.2) is 5.13 Å². The molecular weight excluding hydrogens is 411 g/mol. The van der Waals surface area contributed by atoms with E-state index in [-0.39, 0.29) is 17.3 Å². The average Bonchev–Trinajstić information content (AvgIpc) is 3.32. The summed E-state index contributed by atoms with van der Waals surface area (Å²) in [6, 6.07) is 5.30. The lowest BCUT2D eigenvalue weighted by Crippen LogP contribution is -2.33. The van der Waals surface area contributed by atoms with Crippen molar-refractivity contribution in [3.8, 4) is 11.1 Å². The van der Waals surface area contributed by atoms with E-state index in [1.54, 1.807) is 23.7 Å². The summed E-state index contributed by atoms with van der Waals surface area (Å²) in [5.74, 6) is -0.660. The summed E-state index contributed by atoms with van der Waals surface area (Å²) in [5, 5.41) is 5.44. The van der Waals surface area contributed by atoms with Gasteiger partial charge in [-0.1, -0.05) is 19.1 Å². The SMILES string of the molecule is CCC(C(=O)Nc1nccs1)n1cnc2sc(C)c(-c3ccc(F)cc3)c2c1=O. The number of hydrogen-bond acceptors (Lipinski definition) is 6. The highest BCUT2D eigenvalue weighted by atomic mass is 32.1. The van der Waals surface area contributed by atoms with E-state index in [1.165, 1.54) is 45.7 Å². The zero-order valence-corrected chi connectivity index (χ0v) is 17.3. The number of anilines is 1. The fourth-order valence-electron chi connectivity index (χ4n) is 3.28. The molecule has 3 heterocycles. The predicted molar refractivity (Wildman–Crippen MR) is 114 cm³/mol. The van der Waals surface area contributed by atoms with E-state index < -0.39 is 6.04 Å². The van der Waals surface area contributed by atoms with Crippen LogP contribution in [0.4, 0.5) is 9.52 Å². The number of benzene rings is 1. The fourth-order valence-corrected chi connectivity index (χ4v) is 4.82. The first kappa shape index (κ1) is 19.4. The Morgan fingerprint density at radius 3 is 2.69 bits per heavy atom. The molecule has 0 radical (unpaired) electrons. The van der Waals surface area contributed by atoms with Gasteiger partial charge in [0, 0.05) is 22.0 Å². The fraction of sp³-hybridized carbons (Fsp3) is 0.200. The number of aryl methyl sites for hydroxylation is 1. The molecule has 6 nitrogen and oxygen atoms in total. The normalized spacial score (nSPS) is 12.2. The molecule has 0 fully saturated rings. The van der Waals surface area contributed by atoms with Crippen LogP contribution in [0.15, 0.2) is 47.0 Å². The molecular formula is C20H17FN4O2S2. The van der Waals surface area contributed by atoms with Gasteiger partial charge in [0.25, 0.3) is 5.56 Å². The molecule has 1 atom stereocenters. The summed E-state index contributed by atoms with van der Waals surface area (Å²) in [7, 11) is 0. The summed E-state index contributed by atoms with van der Waals surface area (Å²) < 4.78 is 14.7. The second-order valence-corrected chi connectivity index (χ2v) is 8.53. The van der Waals surface area contributed by atoms with E-state index in [2.05, 4.69) is 15.3 Å². The number of nitrogens with one attached hydrogen (secondary N) is 1. The van der Waals surface area contributed by atoms with Crippen LogP contribution in [0, 0.1) is 12.7 Å². The van der Waals surface area contributed by atoms with Gasteiger partial charge in [0.05, 0.1) is 11.7 Å². The van der Waals surface area contributed by atoms with Crippen LogP contribution < -0.4 is 10.9 Å². The highest BCUT2D eigenvalue weighted by molar-refractivity contribution is 7.19. The van der Waals surface area contributed by atoms with E-state index in [0.29, 0.717) is 21.8 Å². The number of amides is 1. The monoisotopic (exact) mass is 428 g/mol. The van der Waals surface area contributed by atoms with Crippen LogP contribution in [0.25, 0.3) is 21.3 Å². The molecule has 1 amide bonds. The number of rotatable bonds is 5. The Kier molecular flexibility index (Phi) is 5.25. The van der Waals surface area contributed by atoms with Crippen LogP contribution in [0.2, 0.25) is 0 Å². The number of fused-ring (bicyclic) bond motifs is 1. The van der Waals surface area contributed by atoms with Gasteiger partial charge in [-0.05, 0) is 31.0 Å². The van der Waals surface area contributed by atoms with Crippen molar-refractivity contribution in [1.29, 1.82) is 0 Å². The van der Waals surface area contributed by atoms with Crippen molar-refractivity contribution < 1.29 is 9.18 Å². The molecule has 4 aromatic rings. The molecule has 29 heavy (non-hydrogen) atoms. The van der Waals surface area contributed by atoms with E-state index in [1.807, 2.05) is 13.8 Å². The summed E-state index contributed by atoms with van der Waals surface area (Å²) >= 11 is 2.72. The van der Waals surface area contributed by atoms with Gasteiger partial charge in [-0.3, -0.25) is 14.2 Å². The molecule has 1 N–H and O–H groups in total. The summed E-state index contributed by atoms with van der Waals surface area (Å²) in [6.45, 7) is 3.74. The van der Waals surface area contributed by atoms with Gasteiger partial charge in [-0.2, -0.15) is 0 Å².